The predicted molar refractivity (Wildman–Crippen MR) is 126 cm³/mol. The highest BCUT2D eigenvalue weighted by atomic mass is 16.5. The fourth-order valence-corrected chi connectivity index (χ4v) is 3.62. The summed E-state index contributed by atoms with van der Waals surface area (Å²) in [6.45, 7) is 7.42. The third-order valence-electron chi connectivity index (χ3n) is 5.63. The van der Waals surface area contributed by atoms with Crippen molar-refractivity contribution in [2.75, 3.05) is 25.1 Å². The summed E-state index contributed by atoms with van der Waals surface area (Å²) < 4.78 is 5.43. The number of carbonyl (C=O) groups is 3. The van der Waals surface area contributed by atoms with Gasteiger partial charge in [0.25, 0.3) is 0 Å². The van der Waals surface area contributed by atoms with Crippen molar-refractivity contribution in [1.29, 1.82) is 0 Å². The van der Waals surface area contributed by atoms with Gasteiger partial charge in [-0.15, -0.1) is 0 Å². The minimum Gasteiger partial charge on any atom is -0.495 e. The zero-order valence-corrected chi connectivity index (χ0v) is 19.7. The number of amides is 3. The van der Waals surface area contributed by atoms with Gasteiger partial charge >= 0.3 is 0 Å². The van der Waals surface area contributed by atoms with Crippen LogP contribution < -0.4 is 15.1 Å². The number of para-hydroxylation sites is 2. The Kier molecular flexibility index (Phi) is 9.87. The van der Waals surface area contributed by atoms with Crippen molar-refractivity contribution in [2.24, 2.45) is 0 Å². The minimum atomic E-state index is -0.625. The lowest BCUT2D eigenvalue weighted by Crippen LogP contribution is -2.34. The molecule has 0 saturated carbocycles. The molecule has 8 heteroatoms. The lowest BCUT2D eigenvalue weighted by Gasteiger charge is -2.25. The number of nitrogens with one attached hydrogen (secondary N) is 1. The van der Waals surface area contributed by atoms with Crippen LogP contribution in [0.15, 0.2) is 48.5 Å². The van der Waals surface area contributed by atoms with Crippen LogP contribution in [0.1, 0.15) is 50.7 Å². The van der Waals surface area contributed by atoms with Gasteiger partial charge in [-0.25, -0.2) is 5.48 Å². The number of hydrogen-bond acceptors (Lipinski definition) is 5. The Morgan fingerprint density at radius 1 is 1.00 bits per heavy atom. The van der Waals surface area contributed by atoms with E-state index in [1.807, 2.05) is 62.1 Å². The van der Waals surface area contributed by atoms with Gasteiger partial charge in [-0.2, -0.15) is 0 Å². The average Bonchev–Trinajstić information content (AvgIpc) is 2.86. The van der Waals surface area contributed by atoms with Crippen LogP contribution >= 0.6 is 0 Å². The maximum absolute atomic E-state index is 13.0. The molecule has 1 unspecified atom stereocenters. The highest BCUT2D eigenvalue weighted by molar-refractivity contribution is 5.96. The van der Waals surface area contributed by atoms with E-state index in [2.05, 4.69) is 0 Å². The van der Waals surface area contributed by atoms with Crippen molar-refractivity contribution >= 4 is 23.4 Å². The fraction of sp³-hybridized carbons (Fsp3) is 0.400. The van der Waals surface area contributed by atoms with Crippen LogP contribution in [0.4, 0.5) is 5.69 Å². The summed E-state index contributed by atoms with van der Waals surface area (Å²) >= 11 is 0. The number of carbonyl (C=O) groups excluding carboxylic acids is 3. The van der Waals surface area contributed by atoms with Crippen molar-refractivity contribution in [2.45, 2.75) is 46.1 Å². The third kappa shape index (κ3) is 6.79. The lowest BCUT2D eigenvalue weighted by atomic mass is 9.98. The smallest absolute Gasteiger partial charge is 0.243 e. The van der Waals surface area contributed by atoms with E-state index in [4.69, 9.17) is 9.94 Å². The third-order valence-corrected chi connectivity index (χ3v) is 5.63. The Bertz CT molecular complexity index is 941. The monoisotopic (exact) mass is 455 g/mol. The van der Waals surface area contributed by atoms with Gasteiger partial charge in [-0.1, -0.05) is 36.4 Å². The molecule has 0 fully saturated rings. The second-order valence-electron chi connectivity index (χ2n) is 7.66. The van der Waals surface area contributed by atoms with Gasteiger partial charge in [-0.05, 0) is 44.0 Å². The molecule has 0 spiro atoms. The minimum absolute atomic E-state index is 0.0715. The van der Waals surface area contributed by atoms with E-state index in [9.17, 15) is 14.4 Å². The molecule has 2 N–H and O–H groups in total. The van der Waals surface area contributed by atoms with E-state index in [1.54, 1.807) is 22.5 Å². The quantitative estimate of drug-likeness (QED) is 0.399. The first-order valence-corrected chi connectivity index (χ1v) is 11.1. The first-order valence-electron chi connectivity index (χ1n) is 11.1. The summed E-state index contributed by atoms with van der Waals surface area (Å²) in [5.74, 6) is -0.548. The number of ether oxygens (including phenoxy) is 1. The number of rotatable bonds is 11. The molecule has 0 heterocycles. The largest absolute Gasteiger partial charge is 0.495 e. The van der Waals surface area contributed by atoms with Gasteiger partial charge in [-0.3, -0.25) is 19.6 Å². The zero-order chi connectivity index (χ0) is 24.4. The SMILES string of the molecule is CCN(CC)C(=O)C(C)c1ccc(CN(C(=O)CCC(=O)NO)c2ccccc2OC)cc1. The summed E-state index contributed by atoms with van der Waals surface area (Å²) in [6.07, 6.45) is -0.206. The van der Waals surface area contributed by atoms with Crippen molar-refractivity contribution in [3.63, 3.8) is 0 Å². The van der Waals surface area contributed by atoms with E-state index in [1.165, 1.54) is 7.11 Å². The number of hydroxylamine groups is 1. The Morgan fingerprint density at radius 3 is 2.21 bits per heavy atom. The van der Waals surface area contributed by atoms with Gasteiger partial charge in [0.1, 0.15) is 5.75 Å². The van der Waals surface area contributed by atoms with E-state index in [-0.39, 0.29) is 37.1 Å². The van der Waals surface area contributed by atoms with Crippen molar-refractivity contribution in [1.82, 2.24) is 10.4 Å². The van der Waals surface area contributed by atoms with Gasteiger partial charge < -0.3 is 14.5 Å². The molecule has 0 aromatic heterocycles. The molecule has 2 rings (SSSR count). The standard InChI is InChI=1S/C25H33N3O5/c1-5-27(6-2)25(31)18(3)20-13-11-19(12-14-20)17-28(24(30)16-15-23(29)26-32)21-9-7-8-10-22(21)33-4/h7-14,18,32H,5-6,15-17H2,1-4H3,(H,26,29). The summed E-state index contributed by atoms with van der Waals surface area (Å²) in [4.78, 5) is 40.5. The highest BCUT2D eigenvalue weighted by Crippen LogP contribution is 2.30. The van der Waals surface area contributed by atoms with Gasteiger partial charge in [0.2, 0.25) is 17.7 Å². The van der Waals surface area contributed by atoms with Crippen LogP contribution in [-0.4, -0.2) is 48.0 Å². The second kappa shape index (κ2) is 12.6. The fourth-order valence-electron chi connectivity index (χ4n) is 3.62. The average molecular weight is 456 g/mol. The van der Waals surface area contributed by atoms with Crippen molar-refractivity contribution in [3.8, 4) is 5.75 Å². The summed E-state index contributed by atoms with van der Waals surface area (Å²) in [5, 5.41) is 8.72. The molecule has 0 aliphatic heterocycles. The highest BCUT2D eigenvalue weighted by Gasteiger charge is 2.22. The van der Waals surface area contributed by atoms with Gasteiger partial charge in [0, 0.05) is 25.9 Å². The molecule has 0 aliphatic carbocycles. The van der Waals surface area contributed by atoms with Gasteiger partial charge in [0.15, 0.2) is 0 Å². The first kappa shape index (κ1) is 25.9. The Hall–Kier alpha value is -3.39. The Balaban J connectivity index is 2.26. The number of anilines is 1. The lowest BCUT2D eigenvalue weighted by molar-refractivity contribution is -0.132. The number of likely N-dealkylation sites (N-methyl/N-ethyl adjacent to an activating group) is 1. The van der Waals surface area contributed by atoms with E-state index in [0.29, 0.717) is 24.5 Å². The zero-order valence-electron chi connectivity index (χ0n) is 19.7. The molecular formula is C25H33N3O5. The van der Waals surface area contributed by atoms with Crippen LogP contribution in [0, 0.1) is 0 Å². The summed E-state index contributed by atoms with van der Waals surface area (Å²) in [5.41, 5.74) is 3.91. The maximum atomic E-state index is 13.0. The van der Waals surface area contributed by atoms with E-state index < -0.39 is 5.91 Å². The second-order valence-corrected chi connectivity index (χ2v) is 7.66. The summed E-state index contributed by atoms with van der Waals surface area (Å²) in [7, 11) is 1.53. The van der Waals surface area contributed by atoms with E-state index in [0.717, 1.165) is 11.1 Å². The molecule has 3 amide bonds. The first-order chi connectivity index (χ1) is 15.9. The predicted octanol–water partition coefficient (Wildman–Crippen LogP) is 3.49. The van der Waals surface area contributed by atoms with Crippen LogP contribution in [-0.2, 0) is 20.9 Å². The molecule has 0 saturated heterocycles. The molecular weight excluding hydrogens is 422 g/mol. The topological polar surface area (TPSA) is 99.2 Å². The van der Waals surface area contributed by atoms with Crippen LogP contribution in [0.5, 0.6) is 5.75 Å². The molecule has 0 aliphatic rings. The molecule has 2 aromatic carbocycles. The molecule has 33 heavy (non-hydrogen) atoms. The number of methoxy groups -OCH3 is 1. The van der Waals surface area contributed by atoms with Gasteiger partial charge in [0.05, 0.1) is 25.3 Å². The summed E-state index contributed by atoms with van der Waals surface area (Å²) in [6, 6.07) is 14.8. The maximum Gasteiger partial charge on any atom is 0.243 e. The number of nitrogens with zero attached hydrogens (tertiary/aromatic N) is 2. The molecule has 0 radical (unpaired) electrons. The number of hydrogen-bond donors (Lipinski definition) is 2. The molecule has 8 nitrogen and oxygen atoms in total. The van der Waals surface area contributed by atoms with E-state index >= 15 is 0 Å². The van der Waals surface area contributed by atoms with Crippen LogP contribution in [0.3, 0.4) is 0 Å². The molecule has 178 valence electrons. The Morgan fingerprint density at radius 2 is 1.64 bits per heavy atom. The normalized spacial score (nSPS) is 11.4. The molecule has 2 aromatic rings. The molecule has 1 atom stereocenters. The van der Waals surface area contributed by atoms with Crippen molar-refractivity contribution in [3.05, 3.63) is 59.7 Å². The van der Waals surface area contributed by atoms with Crippen LogP contribution in [0.2, 0.25) is 0 Å². The van der Waals surface area contributed by atoms with Crippen molar-refractivity contribution < 1.29 is 24.3 Å². The number of benzene rings is 2. The Labute approximate surface area is 195 Å². The van der Waals surface area contributed by atoms with Crippen LogP contribution in [0.25, 0.3) is 0 Å². The molecule has 0 bridgehead atoms.